The van der Waals surface area contributed by atoms with Gasteiger partial charge < -0.3 is 19.9 Å². The van der Waals surface area contributed by atoms with Crippen LogP contribution in [-0.4, -0.2) is 50.1 Å². The van der Waals surface area contributed by atoms with E-state index in [0.29, 0.717) is 26.4 Å². The summed E-state index contributed by atoms with van der Waals surface area (Å²) >= 11 is 0. The van der Waals surface area contributed by atoms with Crippen molar-refractivity contribution in [2.75, 3.05) is 32.9 Å². The van der Waals surface area contributed by atoms with Crippen LogP contribution >= 0.6 is 0 Å². The second kappa shape index (κ2) is 10.9. The molecule has 0 saturated carbocycles. The van der Waals surface area contributed by atoms with E-state index in [4.69, 9.17) is 9.47 Å². The number of nitrogens with one attached hydrogen (secondary N) is 1. The first-order valence-electron chi connectivity index (χ1n) is 5.82. The highest BCUT2D eigenvalue weighted by molar-refractivity contribution is 5.71. The smallest absolute Gasteiger partial charge is 0.319 e. The molecule has 0 aromatic rings. The summed E-state index contributed by atoms with van der Waals surface area (Å²) in [5.41, 5.74) is 0. The predicted molar refractivity (Wildman–Crippen MR) is 61.2 cm³/mol. The summed E-state index contributed by atoms with van der Waals surface area (Å²) in [7, 11) is 0. The Hall–Kier alpha value is -0.650. The average Bonchev–Trinajstić information content (AvgIpc) is 2.25. The molecule has 16 heavy (non-hydrogen) atoms. The van der Waals surface area contributed by atoms with Gasteiger partial charge in [0.2, 0.25) is 0 Å². The Kier molecular flexibility index (Phi) is 10.4. The van der Waals surface area contributed by atoms with Crippen LogP contribution in [0, 0.1) is 0 Å². The first-order chi connectivity index (χ1) is 7.70. The van der Waals surface area contributed by atoms with Crippen molar-refractivity contribution in [1.29, 1.82) is 0 Å². The Morgan fingerprint density at radius 3 is 2.81 bits per heavy atom. The van der Waals surface area contributed by atoms with Gasteiger partial charge in [-0.1, -0.05) is 13.3 Å². The molecule has 0 spiro atoms. The predicted octanol–water partition coefficient (Wildman–Crippen LogP) is 0.317. The molecule has 0 saturated heterocycles. The summed E-state index contributed by atoms with van der Waals surface area (Å²) in [5, 5.41) is 12.3. The molecular formula is C11H23NO4. The Morgan fingerprint density at radius 2 is 2.19 bits per heavy atom. The van der Waals surface area contributed by atoms with Crippen molar-refractivity contribution < 1.29 is 19.4 Å². The summed E-state index contributed by atoms with van der Waals surface area (Å²) in [6, 6.07) is 0. The van der Waals surface area contributed by atoms with E-state index in [9.17, 15) is 9.90 Å². The summed E-state index contributed by atoms with van der Waals surface area (Å²) < 4.78 is 9.96. The van der Waals surface area contributed by atoms with Gasteiger partial charge in [0.25, 0.3) is 0 Å². The minimum Gasteiger partial charge on any atom is -0.465 e. The highest BCUT2D eigenvalue weighted by Gasteiger charge is 2.05. The van der Waals surface area contributed by atoms with Crippen molar-refractivity contribution in [3.05, 3.63) is 0 Å². The number of rotatable bonds is 10. The molecule has 5 heteroatoms. The zero-order chi connectivity index (χ0) is 12.2. The lowest BCUT2D eigenvalue weighted by atomic mass is 10.3. The van der Waals surface area contributed by atoms with Crippen LogP contribution in [0.3, 0.4) is 0 Å². The number of hydrogen-bond donors (Lipinski definition) is 2. The molecule has 0 aliphatic rings. The van der Waals surface area contributed by atoms with Crippen molar-refractivity contribution in [2.45, 2.75) is 32.8 Å². The van der Waals surface area contributed by atoms with Crippen LogP contribution in [0.4, 0.5) is 0 Å². The number of ether oxygens (including phenoxy) is 2. The second-order valence-electron chi connectivity index (χ2n) is 3.52. The molecule has 1 unspecified atom stereocenters. The molecule has 0 heterocycles. The zero-order valence-electron chi connectivity index (χ0n) is 10.2. The van der Waals surface area contributed by atoms with Gasteiger partial charge in [-0.25, -0.2) is 0 Å². The second-order valence-corrected chi connectivity index (χ2v) is 3.52. The van der Waals surface area contributed by atoms with E-state index < -0.39 is 6.10 Å². The summed E-state index contributed by atoms with van der Waals surface area (Å²) in [6.07, 6.45) is 1.51. The lowest BCUT2D eigenvalue weighted by Gasteiger charge is -2.11. The van der Waals surface area contributed by atoms with E-state index in [0.717, 1.165) is 12.8 Å². The van der Waals surface area contributed by atoms with Crippen LogP contribution in [0.15, 0.2) is 0 Å². The van der Waals surface area contributed by atoms with E-state index in [-0.39, 0.29) is 12.5 Å². The Balaban J connectivity index is 3.29. The van der Waals surface area contributed by atoms with Crippen LogP contribution in [0.5, 0.6) is 0 Å². The molecular weight excluding hydrogens is 210 g/mol. The van der Waals surface area contributed by atoms with Gasteiger partial charge in [-0.15, -0.1) is 0 Å². The van der Waals surface area contributed by atoms with Crippen molar-refractivity contribution in [3.8, 4) is 0 Å². The third-order valence-corrected chi connectivity index (χ3v) is 1.91. The minimum absolute atomic E-state index is 0.125. The van der Waals surface area contributed by atoms with Gasteiger partial charge in [0.1, 0.15) is 0 Å². The van der Waals surface area contributed by atoms with E-state index in [1.54, 1.807) is 6.92 Å². The van der Waals surface area contributed by atoms with E-state index in [2.05, 4.69) is 12.2 Å². The van der Waals surface area contributed by atoms with Gasteiger partial charge in [0, 0.05) is 13.2 Å². The fraction of sp³-hybridized carbons (Fsp3) is 0.909. The first kappa shape index (κ1) is 15.3. The highest BCUT2D eigenvalue weighted by Crippen LogP contribution is 1.90. The Labute approximate surface area is 97.1 Å². The lowest BCUT2D eigenvalue weighted by molar-refractivity contribution is -0.142. The molecule has 0 radical (unpaired) electrons. The molecule has 2 N–H and O–H groups in total. The highest BCUT2D eigenvalue weighted by atomic mass is 16.5. The molecule has 0 amide bonds. The lowest BCUT2D eigenvalue weighted by Crippen LogP contribution is -2.34. The van der Waals surface area contributed by atoms with Crippen molar-refractivity contribution in [2.24, 2.45) is 0 Å². The molecule has 5 nitrogen and oxygen atoms in total. The minimum atomic E-state index is -0.578. The summed E-state index contributed by atoms with van der Waals surface area (Å²) in [6.45, 7) is 5.66. The van der Waals surface area contributed by atoms with Crippen LogP contribution in [0.25, 0.3) is 0 Å². The monoisotopic (exact) mass is 233 g/mol. The quantitative estimate of drug-likeness (QED) is 0.420. The fourth-order valence-corrected chi connectivity index (χ4v) is 1.08. The number of unbranched alkanes of at least 4 members (excludes halogenated alkanes) is 1. The number of aliphatic hydroxyl groups is 1. The standard InChI is InChI=1S/C11H23NO4/c1-3-5-6-15-9-10(13)7-12-8-11(14)16-4-2/h10,12-13H,3-9H2,1-2H3. The van der Waals surface area contributed by atoms with E-state index in [1.807, 2.05) is 0 Å². The van der Waals surface area contributed by atoms with E-state index in [1.165, 1.54) is 0 Å². The third-order valence-electron chi connectivity index (χ3n) is 1.91. The largest absolute Gasteiger partial charge is 0.465 e. The van der Waals surface area contributed by atoms with Gasteiger partial charge in [0.15, 0.2) is 0 Å². The van der Waals surface area contributed by atoms with Crippen LogP contribution in [-0.2, 0) is 14.3 Å². The number of esters is 1. The Morgan fingerprint density at radius 1 is 1.44 bits per heavy atom. The molecule has 96 valence electrons. The van der Waals surface area contributed by atoms with Crippen LogP contribution < -0.4 is 5.32 Å². The molecule has 0 aliphatic carbocycles. The normalized spacial score (nSPS) is 12.4. The first-order valence-corrected chi connectivity index (χ1v) is 5.82. The SMILES string of the molecule is CCCCOCC(O)CNCC(=O)OCC. The van der Waals surface area contributed by atoms with Gasteiger partial charge in [-0.2, -0.15) is 0 Å². The fourth-order valence-electron chi connectivity index (χ4n) is 1.08. The molecule has 0 aliphatic heterocycles. The van der Waals surface area contributed by atoms with Crippen molar-refractivity contribution in [3.63, 3.8) is 0 Å². The maximum atomic E-state index is 10.9. The van der Waals surface area contributed by atoms with Crippen molar-refractivity contribution in [1.82, 2.24) is 5.32 Å². The molecule has 0 aromatic heterocycles. The van der Waals surface area contributed by atoms with E-state index >= 15 is 0 Å². The zero-order valence-corrected chi connectivity index (χ0v) is 10.2. The molecule has 1 atom stereocenters. The maximum absolute atomic E-state index is 10.9. The molecule has 0 rings (SSSR count). The number of aliphatic hydroxyl groups excluding tert-OH is 1. The van der Waals surface area contributed by atoms with Gasteiger partial charge >= 0.3 is 5.97 Å². The van der Waals surface area contributed by atoms with Crippen molar-refractivity contribution >= 4 is 5.97 Å². The third kappa shape index (κ3) is 9.89. The maximum Gasteiger partial charge on any atom is 0.319 e. The molecule has 0 bridgehead atoms. The van der Waals surface area contributed by atoms with Gasteiger partial charge in [-0.05, 0) is 13.3 Å². The number of carbonyl (C=O) groups excluding carboxylic acids is 1. The molecule has 0 fully saturated rings. The topological polar surface area (TPSA) is 67.8 Å². The number of hydrogen-bond acceptors (Lipinski definition) is 5. The average molecular weight is 233 g/mol. The number of carbonyl (C=O) groups is 1. The van der Waals surface area contributed by atoms with Gasteiger partial charge in [-0.3, -0.25) is 4.79 Å². The van der Waals surface area contributed by atoms with Gasteiger partial charge in [0.05, 0.1) is 25.9 Å². The summed E-state index contributed by atoms with van der Waals surface area (Å²) in [4.78, 5) is 10.9. The summed E-state index contributed by atoms with van der Waals surface area (Å²) in [5.74, 6) is -0.304. The van der Waals surface area contributed by atoms with Crippen LogP contribution in [0.1, 0.15) is 26.7 Å². The Bertz CT molecular complexity index is 175. The van der Waals surface area contributed by atoms with Crippen LogP contribution in [0.2, 0.25) is 0 Å². The molecule has 0 aromatic carbocycles.